The van der Waals surface area contributed by atoms with Crippen molar-refractivity contribution in [3.05, 3.63) is 47.4 Å². The molecule has 1 amide bonds. The largest absolute Gasteiger partial charge is 0.506 e. The number of aromatic hydroxyl groups is 1. The van der Waals surface area contributed by atoms with Crippen LogP contribution in [0.4, 0.5) is 15.9 Å². The van der Waals surface area contributed by atoms with E-state index in [9.17, 15) is 14.3 Å². The van der Waals surface area contributed by atoms with Crippen molar-refractivity contribution in [2.75, 3.05) is 24.2 Å². The fourth-order valence-electron chi connectivity index (χ4n) is 3.40. The lowest BCUT2D eigenvalue weighted by molar-refractivity contribution is -0.114. The zero-order valence-corrected chi connectivity index (χ0v) is 15.6. The van der Waals surface area contributed by atoms with E-state index < -0.39 is 0 Å². The maximum absolute atomic E-state index is 13.0. The molecule has 144 valence electrons. The highest BCUT2D eigenvalue weighted by molar-refractivity contribution is 5.91. The molecule has 0 saturated carbocycles. The summed E-state index contributed by atoms with van der Waals surface area (Å²) in [7, 11) is 2.03. The van der Waals surface area contributed by atoms with E-state index in [1.807, 2.05) is 7.05 Å². The Morgan fingerprint density at radius 1 is 1.33 bits per heavy atom. The average Bonchev–Trinajstić information content (AvgIpc) is 2.63. The second-order valence-corrected chi connectivity index (χ2v) is 6.94. The van der Waals surface area contributed by atoms with Crippen LogP contribution in [0.2, 0.25) is 0 Å². The highest BCUT2D eigenvalue weighted by Crippen LogP contribution is 2.38. The molecule has 2 heterocycles. The molecule has 1 aliphatic rings. The van der Waals surface area contributed by atoms with Crippen molar-refractivity contribution >= 4 is 17.4 Å². The summed E-state index contributed by atoms with van der Waals surface area (Å²) in [5.41, 5.74) is 1.93. The van der Waals surface area contributed by atoms with Crippen LogP contribution in [0.1, 0.15) is 43.5 Å². The Morgan fingerprint density at radius 3 is 2.74 bits per heavy atom. The highest BCUT2D eigenvalue weighted by Gasteiger charge is 2.27. The quantitative estimate of drug-likeness (QED) is 0.747. The predicted octanol–water partition coefficient (Wildman–Crippen LogP) is 3.65. The van der Waals surface area contributed by atoms with E-state index in [1.165, 1.54) is 25.1 Å². The first-order chi connectivity index (χ1) is 12.9. The van der Waals surface area contributed by atoms with Crippen LogP contribution in [0.5, 0.6) is 5.75 Å². The van der Waals surface area contributed by atoms with E-state index in [-0.39, 0.29) is 23.5 Å². The smallest absolute Gasteiger partial charge is 0.221 e. The van der Waals surface area contributed by atoms with Gasteiger partial charge in [-0.15, -0.1) is 0 Å². The zero-order chi connectivity index (χ0) is 19.4. The molecule has 6 nitrogen and oxygen atoms in total. The second-order valence-electron chi connectivity index (χ2n) is 6.94. The summed E-state index contributed by atoms with van der Waals surface area (Å²) in [5.74, 6) is -0.0358. The Kier molecular flexibility index (Phi) is 5.91. The molecule has 1 atom stereocenters. The molecule has 1 fully saturated rings. The number of carbonyl (C=O) groups is 1. The summed E-state index contributed by atoms with van der Waals surface area (Å²) in [6, 6.07) is 7.74. The molecule has 1 saturated heterocycles. The van der Waals surface area contributed by atoms with Gasteiger partial charge in [0.25, 0.3) is 0 Å². The van der Waals surface area contributed by atoms with Gasteiger partial charge in [-0.1, -0.05) is 18.6 Å². The Hall–Kier alpha value is -2.67. The first-order valence-electron chi connectivity index (χ1n) is 9.14. The lowest BCUT2D eigenvalue weighted by Crippen LogP contribution is -2.31. The minimum atomic E-state index is -0.281. The summed E-state index contributed by atoms with van der Waals surface area (Å²) in [5, 5.41) is 16.4. The number of pyridine rings is 1. The number of piperidine rings is 1. The van der Waals surface area contributed by atoms with E-state index >= 15 is 0 Å². The van der Waals surface area contributed by atoms with Crippen LogP contribution < -0.4 is 10.6 Å². The molecular weight excluding hydrogens is 347 g/mol. The molecule has 27 heavy (non-hydrogen) atoms. The molecule has 3 rings (SSSR count). The van der Waals surface area contributed by atoms with Gasteiger partial charge in [0.1, 0.15) is 23.1 Å². The third-order valence-corrected chi connectivity index (χ3v) is 4.80. The molecule has 3 N–H and O–H groups in total. The van der Waals surface area contributed by atoms with Crippen molar-refractivity contribution in [2.45, 2.75) is 38.8 Å². The lowest BCUT2D eigenvalue weighted by Gasteiger charge is -2.33. The van der Waals surface area contributed by atoms with Gasteiger partial charge in [0, 0.05) is 19.5 Å². The van der Waals surface area contributed by atoms with Crippen LogP contribution in [-0.2, 0) is 11.3 Å². The van der Waals surface area contributed by atoms with Gasteiger partial charge in [-0.2, -0.15) is 0 Å². The second kappa shape index (κ2) is 8.35. The number of carbonyl (C=O) groups excluding carboxylic acids is 1. The summed E-state index contributed by atoms with van der Waals surface area (Å²) < 4.78 is 13.0. The molecule has 1 aromatic heterocycles. The summed E-state index contributed by atoms with van der Waals surface area (Å²) >= 11 is 0. The summed E-state index contributed by atoms with van der Waals surface area (Å²) in [6.07, 6.45) is 3.11. The van der Waals surface area contributed by atoms with Crippen molar-refractivity contribution in [2.24, 2.45) is 0 Å². The first kappa shape index (κ1) is 19.1. The van der Waals surface area contributed by atoms with Crippen molar-refractivity contribution in [3.63, 3.8) is 0 Å². The van der Waals surface area contributed by atoms with Gasteiger partial charge in [-0.3, -0.25) is 9.69 Å². The van der Waals surface area contributed by atoms with Crippen LogP contribution >= 0.6 is 0 Å². The number of anilines is 2. The van der Waals surface area contributed by atoms with E-state index in [0.717, 1.165) is 31.4 Å². The fraction of sp³-hybridized carbons (Fsp3) is 0.400. The average molecular weight is 372 g/mol. The highest BCUT2D eigenvalue weighted by atomic mass is 19.1. The molecular formula is C20H25FN4O2. The maximum atomic E-state index is 13.0. The third kappa shape index (κ3) is 4.74. The minimum absolute atomic E-state index is 0.0178. The van der Waals surface area contributed by atoms with Crippen molar-refractivity contribution in [1.29, 1.82) is 0 Å². The van der Waals surface area contributed by atoms with Crippen molar-refractivity contribution < 1.29 is 14.3 Å². The van der Waals surface area contributed by atoms with Gasteiger partial charge >= 0.3 is 0 Å². The standard InChI is InChI=1S/C20H25FN4O2/c1-13(26)23-20-17(27)11-18(22-12-14-6-8-15(21)9-7-14)24-19(20)16-5-3-4-10-25(16)2/h6-9,11,16H,3-5,10,12H2,1-2H3,(H,23,26)(H2,22,24,27). The number of benzene rings is 1. The lowest BCUT2D eigenvalue weighted by atomic mass is 9.98. The molecule has 1 unspecified atom stereocenters. The normalized spacial score (nSPS) is 17.5. The number of hydrogen-bond acceptors (Lipinski definition) is 5. The summed E-state index contributed by atoms with van der Waals surface area (Å²) in [4.78, 5) is 18.5. The number of likely N-dealkylation sites (tertiary alicyclic amines) is 1. The molecule has 2 aromatic rings. The molecule has 0 spiro atoms. The first-order valence-corrected chi connectivity index (χ1v) is 9.14. The SMILES string of the molecule is CC(=O)Nc1c(O)cc(NCc2ccc(F)cc2)nc1C1CCCCN1C. The molecule has 0 radical (unpaired) electrons. The van der Waals surface area contributed by atoms with Crippen LogP contribution in [0.15, 0.2) is 30.3 Å². The molecule has 0 bridgehead atoms. The van der Waals surface area contributed by atoms with E-state index in [1.54, 1.807) is 12.1 Å². The van der Waals surface area contributed by atoms with Gasteiger partial charge in [-0.05, 0) is 44.1 Å². The number of rotatable bonds is 5. The maximum Gasteiger partial charge on any atom is 0.221 e. The molecule has 1 aliphatic heterocycles. The number of hydrogen-bond donors (Lipinski definition) is 3. The zero-order valence-electron chi connectivity index (χ0n) is 15.6. The van der Waals surface area contributed by atoms with Gasteiger partial charge in [0.05, 0.1) is 11.7 Å². The van der Waals surface area contributed by atoms with Gasteiger partial charge in [-0.25, -0.2) is 9.37 Å². The van der Waals surface area contributed by atoms with Gasteiger partial charge in [0.2, 0.25) is 5.91 Å². The van der Waals surface area contributed by atoms with E-state index in [2.05, 4.69) is 15.5 Å². The van der Waals surface area contributed by atoms with Crippen LogP contribution in [0.3, 0.4) is 0 Å². The molecule has 7 heteroatoms. The molecule has 1 aromatic carbocycles. The van der Waals surface area contributed by atoms with Crippen LogP contribution in [0, 0.1) is 5.82 Å². The van der Waals surface area contributed by atoms with E-state index in [0.29, 0.717) is 23.7 Å². The number of nitrogens with one attached hydrogen (secondary N) is 2. The van der Waals surface area contributed by atoms with Gasteiger partial charge in [0.15, 0.2) is 0 Å². The number of amides is 1. The fourth-order valence-corrected chi connectivity index (χ4v) is 3.40. The Balaban J connectivity index is 1.88. The summed E-state index contributed by atoms with van der Waals surface area (Å²) in [6.45, 7) is 2.81. The predicted molar refractivity (Wildman–Crippen MR) is 103 cm³/mol. The number of aromatic nitrogens is 1. The van der Waals surface area contributed by atoms with Crippen LogP contribution in [-0.4, -0.2) is 34.5 Å². The van der Waals surface area contributed by atoms with E-state index in [4.69, 9.17) is 4.98 Å². The third-order valence-electron chi connectivity index (χ3n) is 4.80. The minimum Gasteiger partial charge on any atom is -0.506 e. The topological polar surface area (TPSA) is 77.5 Å². The van der Waals surface area contributed by atoms with Gasteiger partial charge < -0.3 is 15.7 Å². The molecule has 0 aliphatic carbocycles. The Bertz CT molecular complexity index is 810. The number of halogens is 1. The number of nitrogens with zero attached hydrogens (tertiary/aromatic N) is 2. The van der Waals surface area contributed by atoms with Crippen LogP contribution in [0.25, 0.3) is 0 Å². The monoisotopic (exact) mass is 372 g/mol. The Morgan fingerprint density at radius 2 is 2.07 bits per heavy atom. The van der Waals surface area contributed by atoms with Crippen molar-refractivity contribution in [3.8, 4) is 5.75 Å². The van der Waals surface area contributed by atoms with Crippen molar-refractivity contribution in [1.82, 2.24) is 9.88 Å². The Labute approximate surface area is 158 Å².